The van der Waals surface area contributed by atoms with Crippen molar-refractivity contribution in [2.24, 2.45) is 5.73 Å². The summed E-state index contributed by atoms with van der Waals surface area (Å²) >= 11 is 6.45. The van der Waals surface area contributed by atoms with Gasteiger partial charge in [0.05, 0.1) is 10.5 Å². The molecule has 0 spiro atoms. The zero-order valence-electron chi connectivity index (χ0n) is 17.8. The highest BCUT2D eigenvalue weighted by molar-refractivity contribution is 6.33. The Morgan fingerprint density at radius 3 is 2.52 bits per heavy atom. The van der Waals surface area contributed by atoms with Gasteiger partial charge in [0.25, 0.3) is 0 Å². The second-order valence-electron chi connectivity index (χ2n) is 8.54. The topological polar surface area (TPSA) is 92.5 Å². The van der Waals surface area contributed by atoms with Crippen LogP contribution in [0.25, 0.3) is 22.3 Å². The molecule has 3 aromatic heterocycles. The molecule has 0 bridgehead atoms. The number of fused-ring (bicyclic) bond motifs is 1. The lowest BCUT2D eigenvalue weighted by Gasteiger charge is -2.27. The van der Waals surface area contributed by atoms with Gasteiger partial charge in [-0.2, -0.15) is 0 Å². The van der Waals surface area contributed by atoms with Crippen molar-refractivity contribution in [1.82, 2.24) is 19.9 Å². The van der Waals surface area contributed by atoms with Gasteiger partial charge in [-0.1, -0.05) is 11.6 Å². The lowest BCUT2D eigenvalue weighted by atomic mass is 9.92. The number of imidazole rings is 1. The fourth-order valence-corrected chi connectivity index (χ4v) is 4.51. The Bertz CT molecular complexity index is 1280. The van der Waals surface area contributed by atoms with Crippen LogP contribution in [0.15, 0.2) is 42.7 Å². The molecule has 1 aliphatic carbocycles. The van der Waals surface area contributed by atoms with E-state index in [1.54, 1.807) is 12.4 Å². The summed E-state index contributed by atoms with van der Waals surface area (Å²) in [7, 11) is 0. The van der Waals surface area contributed by atoms with Crippen LogP contribution < -0.4 is 11.1 Å². The van der Waals surface area contributed by atoms with E-state index in [0.717, 1.165) is 48.7 Å². The van der Waals surface area contributed by atoms with Crippen molar-refractivity contribution in [3.8, 4) is 11.1 Å². The molecule has 5 rings (SSSR count). The number of rotatable bonds is 5. The molecule has 0 saturated heterocycles. The van der Waals surface area contributed by atoms with E-state index in [-0.39, 0.29) is 12.5 Å². The summed E-state index contributed by atoms with van der Waals surface area (Å²) in [4.78, 5) is 16.5. The molecule has 170 valence electrons. The molecule has 0 aliphatic heterocycles. The van der Waals surface area contributed by atoms with Gasteiger partial charge in [-0.05, 0) is 55.5 Å². The van der Waals surface area contributed by atoms with Gasteiger partial charge in [-0.15, -0.1) is 0 Å². The number of aromatic nitrogens is 4. The van der Waals surface area contributed by atoms with E-state index in [1.807, 2.05) is 12.1 Å². The third-order valence-electron chi connectivity index (χ3n) is 5.97. The maximum Gasteiger partial charge on any atom is 0.177 e. The number of pyridine rings is 2. The summed E-state index contributed by atoms with van der Waals surface area (Å²) in [6.45, 7) is 0. The number of benzene rings is 1. The molecule has 1 saturated carbocycles. The molecule has 9 heteroatoms. The minimum Gasteiger partial charge on any atom is -0.367 e. The molecule has 6 nitrogen and oxygen atoms in total. The van der Waals surface area contributed by atoms with Crippen molar-refractivity contribution in [3.63, 3.8) is 0 Å². The smallest absolute Gasteiger partial charge is 0.177 e. The number of nitrogens with two attached hydrogens (primary N) is 1. The van der Waals surface area contributed by atoms with E-state index in [0.29, 0.717) is 33.6 Å². The van der Waals surface area contributed by atoms with E-state index in [4.69, 9.17) is 17.3 Å². The Morgan fingerprint density at radius 2 is 1.76 bits per heavy atom. The molecular formula is C24H23ClF2N6. The minimum atomic E-state index is -0.616. The normalized spacial score (nSPS) is 18.5. The first-order valence-corrected chi connectivity index (χ1v) is 11.3. The molecule has 0 unspecified atom stereocenters. The Balaban J connectivity index is 1.39. The molecule has 1 fully saturated rings. The van der Waals surface area contributed by atoms with Gasteiger partial charge >= 0.3 is 0 Å². The molecule has 4 N–H and O–H groups in total. The molecule has 33 heavy (non-hydrogen) atoms. The maximum absolute atomic E-state index is 13.5. The number of hydrogen-bond donors (Lipinski definition) is 3. The van der Waals surface area contributed by atoms with Gasteiger partial charge in [0.1, 0.15) is 23.3 Å². The van der Waals surface area contributed by atoms with Gasteiger partial charge in [-0.3, -0.25) is 0 Å². The van der Waals surface area contributed by atoms with E-state index in [2.05, 4.69) is 25.3 Å². The number of nitrogens with one attached hydrogen (secondary N) is 2. The summed E-state index contributed by atoms with van der Waals surface area (Å²) in [6, 6.07) is 7.90. The summed E-state index contributed by atoms with van der Waals surface area (Å²) in [5.74, 6) is 0.0930. The van der Waals surface area contributed by atoms with Crippen molar-refractivity contribution in [1.29, 1.82) is 0 Å². The molecule has 4 aromatic rings. The number of aromatic amines is 1. The van der Waals surface area contributed by atoms with Crippen LogP contribution >= 0.6 is 11.6 Å². The van der Waals surface area contributed by atoms with Crippen LogP contribution in [-0.4, -0.2) is 32.0 Å². The van der Waals surface area contributed by atoms with Crippen LogP contribution in [0.5, 0.6) is 0 Å². The number of nitrogens with zero attached hydrogens (tertiary/aromatic N) is 3. The van der Waals surface area contributed by atoms with Crippen LogP contribution in [0.4, 0.5) is 14.6 Å². The fraction of sp³-hybridized carbons (Fsp3) is 0.292. The summed E-state index contributed by atoms with van der Waals surface area (Å²) in [5, 5.41) is 4.01. The largest absolute Gasteiger partial charge is 0.367 e. The summed E-state index contributed by atoms with van der Waals surface area (Å²) < 4.78 is 27.0. The Kier molecular flexibility index (Phi) is 5.95. The molecular weight excluding hydrogens is 446 g/mol. The van der Waals surface area contributed by atoms with E-state index >= 15 is 0 Å². The zero-order valence-corrected chi connectivity index (χ0v) is 18.5. The van der Waals surface area contributed by atoms with Gasteiger partial charge in [0.2, 0.25) is 0 Å². The molecule has 0 atom stereocenters. The molecule has 1 aliphatic rings. The molecule has 0 amide bonds. The molecule has 1 aromatic carbocycles. The number of halogens is 3. The first-order chi connectivity index (χ1) is 15.9. The second-order valence-corrected chi connectivity index (χ2v) is 8.95. The van der Waals surface area contributed by atoms with Crippen molar-refractivity contribution in [3.05, 3.63) is 70.8 Å². The fourth-order valence-electron chi connectivity index (χ4n) is 4.30. The summed E-state index contributed by atoms with van der Waals surface area (Å²) in [6.07, 6.45) is 7.64. The number of hydrogen-bond acceptors (Lipinski definition) is 5. The quantitative estimate of drug-likeness (QED) is 0.373. The van der Waals surface area contributed by atoms with Gasteiger partial charge in [-0.25, -0.2) is 23.7 Å². The Labute approximate surface area is 194 Å². The van der Waals surface area contributed by atoms with Gasteiger partial charge < -0.3 is 16.0 Å². The highest BCUT2D eigenvalue weighted by atomic mass is 35.5. The van der Waals surface area contributed by atoms with E-state index < -0.39 is 11.6 Å². The second kappa shape index (κ2) is 9.03. The third kappa shape index (κ3) is 4.96. The third-order valence-corrected chi connectivity index (χ3v) is 6.27. The van der Waals surface area contributed by atoms with Crippen molar-refractivity contribution in [2.75, 3.05) is 5.32 Å². The predicted octanol–water partition coefficient (Wildman–Crippen LogP) is 5.22. The number of anilines is 1. The minimum absolute atomic E-state index is 0.259. The monoisotopic (exact) mass is 468 g/mol. The van der Waals surface area contributed by atoms with Crippen LogP contribution in [0, 0.1) is 11.6 Å². The van der Waals surface area contributed by atoms with E-state index in [9.17, 15) is 8.78 Å². The maximum atomic E-state index is 13.5. The van der Waals surface area contributed by atoms with Gasteiger partial charge in [0, 0.05) is 48.1 Å². The van der Waals surface area contributed by atoms with Crippen LogP contribution in [0.2, 0.25) is 5.02 Å². The lowest BCUT2D eigenvalue weighted by Crippen LogP contribution is -2.33. The van der Waals surface area contributed by atoms with Gasteiger partial charge in [0.15, 0.2) is 5.65 Å². The number of H-pyrrole nitrogens is 1. The van der Waals surface area contributed by atoms with Crippen molar-refractivity contribution in [2.45, 2.75) is 44.2 Å². The van der Waals surface area contributed by atoms with Crippen molar-refractivity contribution >= 4 is 28.6 Å². The summed E-state index contributed by atoms with van der Waals surface area (Å²) in [5.41, 5.74) is 9.35. The highest BCUT2D eigenvalue weighted by Gasteiger charge is 2.19. The molecule has 3 heterocycles. The first kappa shape index (κ1) is 21.7. The highest BCUT2D eigenvalue weighted by Crippen LogP contribution is 2.31. The van der Waals surface area contributed by atoms with Crippen LogP contribution in [0.1, 0.15) is 37.1 Å². The van der Waals surface area contributed by atoms with E-state index in [1.165, 1.54) is 12.1 Å². The zero-order chi connectivity index (χ0) is 22.9. The first-order valence-electron chi connectivity index (χ1n) is 10.9. The van der Waals surface area contributed by atoms with Crippen molar-refractivity contribution < 1.29 is 8.78 Å². The Morgan fingerprint density at radius 1 is 1.00 bits per heavy atom. The Hall–Kier alpha value is -3.10. The predicted molar refractivity (Wildman–Crippen MR) is 125 cm³/mol. The average molecular weight is 469 g/mol. The molecule has 0 radical (unpaired) electrons. The lowest BCUT2D eigenvalue weighted by molar-refractivity contribution is 0.410. The standard InChI is InChI=1S/C24H23ClF2N6/c25-20-12-29-22(31-18-3-1-17(28)2-4-18)10-19(20)14-8-21-24(30-11-14)33-23(32-21)7-13-5-15(26)9-16(27)6-13/h5-6,8-12,17-18H,1-4,7,28H2,(H,29,31)(H,30,32,33). The van der Waals surface area contributed by atoms with Crippen LogP contribution in [0.3, 0.4) is 0 Å². The average Bonchev–Trinajstić information content (AvgIpc) is 3.17. The van der Waals surface area contributed by atoms with Crippen LogP contribution in [-0.2, 0) is 6.42 Å². The SMILES string of the molecule is NC1CCC(Nc2cc(-c3cnc4nc(Cc5cc(F)cc(F)c5)[nH]c4c3)c(Cl)cn2)CC1.